The Hall–Kier alpha value is -3.65. The van der Waals surface area contributed by atoms with Gasteiger partial charge in [0.15, 0.2) is 11.9 Å². The highest BCUT2D eigenvalue weighted by Crippen LogP contribution is 2.28. The van der Waals surface area contributed by atoms with Crippen LogP contribution in [0.4, 0.5) is 0 Å². The maximum absolute atomic E-state index is 12.2. The van der Waals surface area contributed by atoms with Crippen molar-refractivity contribution in [3.63, 3.8) is 0 Å². The van der Waals surface area contributed by atoms with E-state index in [0.29, 0.717) is 12.2 Å². The summed E-state index contributed by atoms with van der Waals surface area (Å²) in [5.41, 5.74) is 5.35. The zero-order valence-electron chi connectivity index (χ0n) is 16.9. The Morgan fingerprint density at radius 1 is 1.13 bits per heavy atom. The summed E-state index contributed by atoms with van der Waals surface area (Å²) in [5, 5.41) is 14.3. The summed E-state index contributed by atoms with van der Waals surface area (Å²) < 4.78 is 5.24. The van der Waals surface area contributed by atoms with E-state index >= 15 is 0 Å². The van der Waals surface area contributed by atoms with E-state index in [2.05, 4.69) is 15.1 Å². The Morgan fingerprint density at radius 2 is 1.90 bits per heavy atom. The van der Waals surface area contributed by atoms with Crippen molar-refractivity contribution in [3.8, 4) is 22.5 Å². The lowest BCUT2D eigenvalue weighted by atomic mass is 10.0. The number of benzene rings is 1. The van der Waals surface area contributed by atoms with Crippen LogP contribution in [0.3, 0.4) is 0 Å². The number of aryl methyl sites for hydroxylation is 1. The first-order valence-corrected chi connectivity index (χ1v) is 9.56. The zero-order chi connectivity index (χ0) is 21.3. The number of pyridine rings is 1. The molecule has 0 aliphatic carbocycles. The minimum Gasteiger partial charge on any atom is -0.376 e. The van der Waals surface area contributed by atoms with E-state index in [1.807, 2.05) is 50.2 Å². The molecule has 8 heteroatoms. The number of hydrogen-bond donors (Lipinski definition) is 1. The molecular formula is C22H21N5O3. The van der Waals surface area contributed by atoms with Crippen LogP contribution in [0.25, 0.3) is 33.5 Å². The molecule has 0 spiro atoms. The van der Waals surface area contributed by atoms with Crippen molar-refractivity contribution >= 4 is 16.9 Å². The number of rotatable bonds is 5. The van der Waals surface area contributed by atoms with E-state index in [1.165, 1.54) is 11.2 Å². The number of likely N-dealkylation sites (N-methyl/N-ethyl adjacent to an activating group) is 1. The van der Waals surface area contributed by atoms with E-state index in [9.17, 15) is 9.90 Å². The van der Waals surface area contributed by atoms with Gasteiger partial charge in [-0.3, -0.25) is 4.79 Å². The third-order valence-electron chi connectivity index (χ3n) is 5.00. The van der Waals surface area contributed by atoms with E-state index in [1.54, 1.807) is 13.1 Å². The van der Waals surface area contributed by atoms with Crippen LogP contribution >= 0.6 is 0 Å². The summed E-state index contributed by atoms with van der Waals surface area (Å²) in [6.07, 6.45) is 0.142. The fraction of sp³-hybridized carbons (Fsp3) is 0.227. The molecule has 1 N–H and O–H groups in total. The summed E-state index contributed by atoms with van der Waals surface area (Å²) in [6, 6.07) is 13.1. The molecule has 152 valence electrons. The molecule has 0 unspecified atom stereocenters. The maximum Gasteiger partial charge on any atom is 0.259 e. The highest BCUT2D eigenvalue weighted by atomic mass is 16.5. The molecule has 0 fully saturated rings. The van der Waals surface area contributed by atoms with Gasteiger partial charge in [0.25, 0.3) is 5.91 Å². The van der Waals surface area contributed by atoms with Crippen molar-refractivity contribution in [1.82, 2.24) is 25.0 Å². The van der Waals surface area contributed by atoms with E-state index in [4.69, 9.17) is 9.51 Å². The number of nitrogens with zero attached hydrogens (tertiary/aromatic N) is 5. The van der Waals surface area contributed by atoms with Gasteiger partial charge in [-0.25, -0.2) is 15.0 Å². The van der Waals surface area contributed by atoms with Crippen LogP contribution in [-0.4, -0.2) is 49.6 Å². The zero-order valence-corrected chi connectivity index (χ0v) is 16.9. The van der Waals surface area contributed by atoms with Crippen molar-refractivity contribution < 1.29 is 14.4 Å². The van der Waals surface area contributed by atoms with Crippen molar-refractivity contribution in [2.45, 2.75) is 20.0 Å². The van der Waals surface area contributed by atoms with Crippen LogP contribution in [0.5, 0.6) is 0 Å². The summed E-state index contributed by atoms with van der Waals surface area (Å²) in [4.78, 5) is 26.7. The number of carbonyl (C=O) groups excluding carboxylic acids is 1. The van der Waals surface area contributed by atoms with Crippen LogP contribution in [-0.2, 0) is 4.79 Å². The molecule has 1 aromatic carbocycles. The van der Waals surface area contributed by atoms with E-state index in [-0.39, 0.29) is 5.76 Å². The lowest BCUT2D eigenvalue weighted by molar-refractivity contribution is -0.139. The molecule has 30 heavy (non-hydrogen) atoms. The van der Waals surface area contributed by atoms with Gasteiger partial charge < -0.3 is 14.5 Å². The first kappa shape index (κ1) is 19.7. The number of hydrogen-bond acceptors (Lipinski definition) is 7. The molecule has 0 aliphatic heterocycles. The average molecular weight is 403 g/mol. The number of aliphatic hydroxyl groups is 1. The first-order valence-electron chi connectivity index (χ1n) is 9.56. The first-order chi connectivity index (χ1) is 14.5. The van der Waals surface area contributed by atoms with Gasteiger partial charge in [0.05, 0.1) is 16.9 Å². The van der Waals surface area contributed by atoms with Gasteiger partial charge in [-0.05, 0) is 32.0 Å². The fourth-order valence-electron chi connectivity index (χ4n) is 3.10. The Balaban J connectivity index is 1.66. The molecule has 0 bridgehead atoms. The molecule has 4 rings (SSSR count). The predicted octanol–water partition coefficient (Wildman–Crippen LogP) is 3.17. The third-order valence-corrected chi connectivity index (χ3v) is 5.00. The Labute approximate surface area is 173 Å². The molecule has 0 radical (unpaired) electrons. The van der Waals surface area contributed by atoms with E-state index < -0.39 is 12.0 Å². The molecular weight excluding hydrogens is 382 g/mol. The second-order valence-corrected chi connectivity index (χ2v) is 6.97. The number of carbonyl (C=O) groups is 1. The second-order valence-electron chi connectivity index (χ2n) is 6.97. The SMILES string of the molecule is CCN(C)C(=O)[C@H](O)c1cc(-c2cccc(-c3ccc4ncnc(C)c4n3)c2)no1. The number of amides is 1. The molecule has 3 aromatic heterocycles. The lowest BCUT2D eigenvalue weighted by Crippen LogP contribution is -2.31. The molecule has 1 atom stereocenters. The Kier molecular flexibility index (Phi) is 5.24. The Morgan fingerprint density at radius 3 is 2.67 bits per heavy atom. The maximum atomic E-state index is 12.2. The summed E-state index contributed by atoms with van der Waals surface area (Å²) in [7, 11) is 1.62. The minimum atomic E-state index is -1.38. The van der Waals surface area contributed by atoms with E-state index in [0.717, 1.165) is 33.5 Å². The standard InChI is InChI=1S/C22H21N5O3/c1-4-27(3)22(29)21(28)19-11-18(26-30-19)15-7-5-6-14(10-15)16-8-9-17-20(25-16)13(2)23-12-24-17/h5-12,21,28H,4H2,1-3H3/t21-/m1/s1. The summed E-state index contributed by atoms with van der Waals surface area (Å²) >= 11 is 0. The monoisotopic (exact) mass is 403 g/mol. The van der Waals surface area contributed by atoms with Crippen molar-refractivity contribution in [2.24, 2.45) is 0 Å². The van der Waals surface area contributed by atoms with Gasteiger partial charge in [0, 0.05) is 30.8 Å². The molecule has 4 aromatic rings. The molecule has 3 heterocycles. The highest BCUT2D eigenvalue weighted by molar-refractivity contribution is 5.82. The summed E-state index contributed by atoms with van der Waals surface area (Å²) in [5.74, 6) is -0.329. The number of fused-ring (bicyclic) bond motifs is 1. The highest BCUT2D eigenvalue weighted by Gasteiger charge is 2.25. The predicted molar refractivity (Wildman–Crippen MR) is 111 cm³/mol. The third kappa shape index (κ3) is 3.65. The summed E-state index contributed by atoms with van der Waals surface area (Å²) in [6.45, 7) is 4.22. The smallest absolute Gasteiger partial charge is 0.259 e. The van der Waals surface area contributed by atoms with Crippen LogP contribution in [0.1, 0.15) is 24.5 Å². The molecule has 0 saturated heterocycles. The van der Waals surface area contributed by atoms with Gasteiger partial charge in [-0.15, -0.1) is 0 Å². The minimum absolute atomic E-state index is 0.109. The fourth-order valence-corrected chi connectivity index (χ4v) is 3.10. The normalized spacial score (nSPS) is 12.1. The van der Waals surface area contributed by atoms with Gasteiger partial charge in [-0.2, -0.15) is 0 Å². The quantitative estimate of drug-likeness (QED) is 0.546. The largest absolute Gasteiger partial charge is 0.376 e. The van der Waals surface area contributed by atoms with Crippen molar-refractivity contribution in [3.05, 3.63) is 60.2 Å². The van der Waals surface area contributed by atoms with Crippen molar-refractivity contribution in [2.75, 3.05) is 13.6 Å². The van der Waals surface area contributed by atoms with Crippen LogP contribution < -0.4 is 0 Å². The van der Waals surface area contributed by atoms with Gasteiger partial charge in [0.2, 0.25) is 0 Å². The van der Waals surface area contributed by atoms with Gasteiger partial charge >= 0.3 is 0 Å². The average Bonchev–Trinajstić information content (AvgIpc) is 3.28. The van der Waals surface area contributed by atoms with Crippen LogP contribution in [0.15, 0.2) is 53.3 Å². The van der Waals surface area contributed by atoms with Crippen LogP contribution in [0, 0.1) is 6.92 Å². The lowest BCUT2D eigenvalue weighted by Gasteiger charge is -2.16. The Bertz CT molecular complexity index is 1220. The number of aromatic nitrogens is 4. The van der Waals surface area contributed by atoms with Gasteiger partial charge in [-0.1, -0.05) is 23.4 Å². The second kappa shape index (κ2) is 8.00. The van der Waals surface area contributed by atoms with Gasteiger partial charge in [0.1, 0.15) is 17.5 Å². The molecule has 8 nitrogen and oxygen atoms in total. The van der Waals surface area contributed by atoms with Crippen molar-refractivity contribution in [1.29, 1.82) is 0 Å². The molecule has 1 amide bonds. The molecule has 0 aliphatic rings. The number of aliphatic hydroxyl groups excluding tert-OH is 1. The molecule has 0 saturated carbocycles. The van der Waals surface area contributed by atoms with Crippen LogP contribution in [0.2, 0.25) is 0 Å². The topological polar surface area (TPSA) is 105 Å².